The van der Waals surface area contributed by atoms with Crippen molar-refractivity contribution in [3.8, 4) is 0 Å². The minimum atomic E-state index is -0.962. The van der Waals surface area contributed by atoms with E-state index in [1.165, 1.54) is 11.8 Å². The Morgan fingerprint density at radius 1 is 1.48 bits per heavy atom. The first kappa shape index (κ1) is 16.0. The number of ether oxygens (including phenoxy) is 1. The lowest BCUT2D eigenvalue weighted by atomic mass is 9.98. The lowest BCUT2D eigenvalue weighted by Crippen LogP contribution is -2.36. The van der Waals surface area contributed by atoms with Gasteiger partial charge in [0, 0.05) is 12.8 Å². The number of thioether (sulfide) groups is 1. The molecule has 1 atom stereocenters. The molecule has 2 aromatic rings. The highest BCUT2D eigenvalue weighted by molar-refractivity contribution is 8.93. The standard InChI is InChI=1S/C14H14N2O3S.BrH/c1-14(7-6-12(18)19-14)11(17)8-20-13-15-9-4-2-3-5-10(9)16-13;/h2-5H,6-8H2,1H3,(H,15,16);1H. The maximum absolute atomic E-state index is 12.2. The second-order valence-electron chi connectivity index (χ2n) is 4.98. The zero-order chi connectivity index (χ0) is 14.2. The van der Waals surface area contributed by atoms with E-state index in [1.807, 2.05) is 24.3 Å². The first-order valence-electron chi connectivity index (χ1n) is 6.39. The first-order valence-corrected chi connectivity index (χ1v) is 7.38. The molecule has 0 spiro atoms. The van der Waals surface area contributed by atoms with Gasteiger partial charge in [0.15, 0.2) is 16.5 Å². The number of Topliss-reactive ketones (excluding diaryl/α,β-unsaturated/α-hetero) is 1. The summed E-state index contributed by atoms with van der Waals surface area (Å²) in [5.74, 6) is -0.132. The van der Waals surface area contributed by atoms with Gasteiger partial charge in [0.05, 0.1) is 16.8 Å². The number of halogens is 1. The summed E-state index contributed by atoms with van der Waals surface area (Å²) < 4.78 is 5.13. The second kappa shape index (κ2) is 6.19. The van der Waals surface area contributed by atoms with E-state index in [2.05, 4.69) is 9.97 Å². The molecule has 2 heterocycles. The molecule has 112 valence electrons. The van der Waals surface area contributed by atoms with Gasteiger partial charge < -0.3 is 9.72 Å². The van der Waals surface area contributed by atoms with Gasteiger partial charge in [-0.1, -0.05) is 23.9 Å². The monoisotopic (exact) mass is 370 g/mol. The Kier molecular flexibility index (Phi) is 4.73. The van der Waals surface area contributed by atoms with Gasteiger partial charge in [-0.05, 0) is 19.1 Å². The third kappa shape index (κ3) is 3.29. The molecule has 1 aliphatic heterocycles. The Hall–Kier alpha value is -1.34. The molecule has 0 radical (unpaired) electrons. The summed E-state index contributed by atoms with van der Waals surface area (Å²) in [4.78, 5) is 30.9. The van der Waals surface area contributed by atoms with Crippen LogP contribution in [0.5, 0.6) is 0 Å². The quantitative estimate of drug-likeness (QED) is 0.661. The van der Waals surface area contributed by atoms with E-state index < -0.39 is 5.60 Å². The number of carbonyl (C=O) groups excluding carboxylic acids is 2. The number of imidazole rings is 1. The van der Waals surface area contributed by atoms with Crippen LogP contribution in [0.2, 0.25) is 0 Å². The number of hydrogen-bond donors (Lipinski definition) is 1. The molecule has 1 aromatic carbocycles. The van der Waals surface area contributed by atoms with Crippen molar-refractivity contribution < 1.29 is 14.3 Å². The van der Waals surface area contributed by atoms with Crippen LogP contribution in [-0.4, -0.2) is 33.1 Å². The molecule has 3 rings (SSSR count). The number of rotatable bonds is 4. The average Bonchev–Trinajstić information content (AvgIpc) is 2.99. The lowest BCUT2D eigenvalue weighted by Gasteiger charge is -2.20. The van der Waals surface area contributed by atoms with Gasteiger partial charge in [0.1, 0.15) is 0 Å². The Morgan fingerprint density at radius 2 is 2.24 bits per heavy atom. The zero-order valence-corrected chi connectivity index (χ0v) is 13.9. The van der Waals surface area contributed by atoms with E-state index in [4.69, 9.17) is 4.74 Å². The number of cyclic esters (lactones) is 1. The fourth-order valence-electron chi connectivity index (χ4n) is 2.17. The summed E-state index contributed by atoms with van der Waals surface area (Å²) >= 11 is 1.33. The smallest absolute Gasteiger partial charge is 0.306 e. The Morgan fingerprint density at radius 3 is 2.90 bits per heavy atom. The van der Waals surface area contributed by atoms with E-state index in [0.717, 1.165) is 11.0 Å². The van der Waals surface area contributed by atoms with Gasteiger partial charge >= 0.3 is 5.97 Å². The summed E-state index contributed by atoms with van der Waals surface area (Å²) in [5, 5.41) is 0.701. The van der Waals surface area contributed by atoms with E-state index in [0.29, 0.717) is 18.0 Å². The van der Waals surface area contributed by atoms with Crippen LogP contribution in [0.15, 0.2) is 29.4 Å². The summed E-state index contributed by atoms with van der Waals surface area (Å²) in [6.45, 7) is 1.68. The molecule has 21 heavy (non-hydrogen) atoms. The largest absolute Gasteiger partial charge is 0.451 e. The number of benzene rings is 1. The summed E-state index contributed by atoms with van der Waals surface area (Å²) in [7, 11) is 0. The Balaban J connectivity index is 0.00000161. The van der Waals surface area contributed by atoms with Crippen molar-refractivity contribution >= 4 is 51.5 Å². The molecule has 1 saturated heterocycles. The fraction of sp³-hybridized carbons (Fsp3) is 0.357. The fourth-order valence-corrected chi connectivity index (χ4v) is 3.09. The first-order chi connectivity index (χ1) is 9.57. The number of esters is 1. The number of para-hydroxylation sites is 2. The molecule has 0 amide bonds. The molecule has 1 unspecified atom stereocenters. The Labute approximate surface area is 136 Å². The van der Waals surface area contributed by atoms with Crippen molar-refractivity contribution in [2.75, 3.05) is 5.75 Å². The van der Waals surface area contributed by atoms with Crippen molar-refractivity contribution in [1.82, 2.24) is 9.97 Å². The highest BCUT2D eigenvalue weighted by atomic mass is 79.9. The van der Waals surface area contributed by atoms with Gasteiger partial charge in [0.25, 0.3) is 0 Å². The van der Waals surface area contributed by atoms with Crippen LogP contribution in [0, 0.1) is 0 Å². The molecular formula is C14H15BrN2O3S. The van der Waals surface area contributed by atoms with Crippen molar-refractivity contribution in [2.45, 2.75) is 30.5 Å². The van der Waals surface area contributed by atoms with E-state index >= 15 is 0 Å². The highest BCUT2D eigenvalue weighted by Crippen LogP contribution is 2.29. The van der Waals surface area contributed by atoms with Crippen LogP contribution in [0.4, 0.5) is 0 Å². The van der Waals surface area contributed by atoms with E-state index in [-0.39, 0.29) is 34.5 Å². The van der Waals surface area contributed by atoms with Crippen LogP contribution < -0.4 is 0 Å². The number of H-pyrrole nitrogens is 1. The predicted octanol–water partition coefficient (Wildman–Crippen LogP) is 2.90. The lowest BCUT2D eigenvalue weighted by molar-refractivity contribution is -0.154. The molecular weight excluding hydrogens is 356 g/mol. The van der Waals surface area contributed by atoms with Gasteiger partial charge in [0.2, 0.25) is 0 Å². The summed E-state index contributed by atoms with van der Waals surface area (Å²) in [6.07, 6.45) is 0.781. The number of nitrogens with one attached hydrogen (secondary N) is 1. The molecule has 1 N–H and O–H groups in total. The van der Waals surface area contributed by atoms with Crippen LogP contribution in [-0.2, 0) is 14.3 Å². The van der Waals surface area contributed by atoms with Crippen LogP contribution >= 0.6 is 28.7 Å². The number of nitrogens with zero attached hydrogens (tertiary/aromatic N) is 1. The van der Waals surface area contributed by atoms with E-state index in [9.17, 15) is 9.59 Å². The average molecular weight is 371 g/mol. The normalized spacial score (nSPS) is 21.1. The number of carbonyl (C=O) groups is 2. The van der Waals surface area contributed by atoms with Crippen molar-refractivity contribution in [3.63, 3.8) is 0 Å². The molecule has 7 heteroatoms. The maximum atomic E-state index is 12.2. The zero-order valence-electron chi connectivity index (χ0n) is 11.4. The minimum Gasteiger partial charge on any atom is -0.451 e. The maximum Gasteiger partial charge on any atom is 0.306 e. The molecule has 5 nitrogen and oxygen atoms in total. The second-order valence-corrected chi connectivity index (χ2v) is 5.94. The third-order valence-corrected chi connectivity index (χ3v) is 4.32. The van der Waals surface area contributed by atoms with Gasteiger partial charge in [-0.15, -0.1) is 17.0 Å². The number of ketones is 1. The molecule has 0 saturated carbocycles. The van der Waals surface area contributed by atoms with Crippen LogP contribution in [0.25, 0.3) is 11.0 Å². The van der Waals surface area contributed by atoms with Crippen molar-refractivity contribution in [3.05, 3.63) is 24.3 Å². The summed E-state index contributed by atoms with van der Waals surface area (Å²) in [6, 6.07) is 7.70. The molecule has 1 fully saturated rings. The molecule has 1 aliphatic rings. The topological polar surface area (TPSA) is 72.0 Å². The summed E-state index contributed by atoms with van der Waals surface area (Å²) in [5.41, 5.74) is 0.859. The number of hydrogen-bond acceptors (Lipinski definition) is 5. The van der Waals surface area contributed by atoms with Crippen LogP contribution in [0.1, 0.15) is 19.8 Å². The number of fused-ring (bicyclic) bond motifs is 1. The Bertz CT molecular complexity index is 655. The predicted molar refractivity (Wildman–Crippen MR) is 85.9 cm³/mol. The number of aromatic nitrogens is 2. The van der Waals surface area contributed by atoms with Gasteiger partial charge in [-0.3, -0.25) is 9.59 Å². The number of aromatic amines is 1. The SMILES string of the molecule is Br.CC1(C(=O)CSc2nc3ccccc3[nH]2)CCC(=O)O1. The highest BCUT2D eigenvalue weighted by Gasteiger charge is 2.42. The molecule has 1 aromatic heterocycles. The van der Waals surface area contributed by atoms with E-state index in [1.54, 1.807) is 6.92 Å². The van der Waals surface area contributed by atoms with Crippen molar-refractivity contribution in [2.24, 2.45) is 0 Å². The molecule has 0 bridgehead atoms. The third-order valence-electron chi connectivity index (χ3n) is 3.44. The minimum absolute atomic E-state index is 0. The molecule has 0 aliphatic carbocycles. The van der Waals surface area contributed by atoms with Gasteiger partial charge in [-0.25, -0.2) is 4.98 Å². The van der Waals surface area contributed by atoms with Crippen molar-refractivity contribution in [1.29, 1.82) is 0 Å². The van der Waals surface area contributed by atoms with Crippen LogP contribution in [0.3, 0.4) is 0 Å². The van der Waals surface area contributed by atoms with Gasteiger partial charge in [-0.2, -0.15) is 0 Å².